The molecule has 2 aromatic rings. The molecule has 2 rings (SSSR count). The van der Waals surface area contributed by atoms with Crippen molar-refractivity contribution in [3.05, 3.63) is 51.5 Å². The fourth-order valence-corrected chi connectivity index (χ4v) is 2.84. The zero-order chi connectivity index (χ0) is 17.5. The molecule has 0 atom stereocenters. The SMILES string of the molecule is CN=C(NCc1ccc(C(=O)OC)cc1)N(C)Cc1csc(C)n1.I. The number of esters is 1. The molecule has 0 amide bonds. The number of nitrogens with one attached hydrogen (secondary N) is 1. The first kappa shape index (κ1) is 21.4. The molecule has 1 heterocycles. The summed E-state index contributed by atoms with van der Waals surface area (Å²) in [6.07, 6.45) is 0. The highest BCUT2D eigenvalue weighted by molar-refractivity contribution is 14.0. The molecule has 0 spiro atoms. The van der Waals surface area contributed by atoms with Gasteiger partial charge in [0, 0.05) is 26.0 Å². The minimum Gasteiger partial charge on any atom is -0.465 e. The smallest absolute Gasteiger partial charge is 0.337 e. The minimum atomic E-state index is -0.330. The maximum Gasteiger partial charge on any atom is 0.337 e. The van der Waals surface area contributed by atoms with Crippen molar-refractivity contribution in [2.45, 2.75) is 20.0 Å². The van der Waals surface area contributed by atoms with Gasteiger partial charge in [0.05, 0.1) is 29.9 Å². The maximum absolute atomic E-state index is 11.4. The Hall–Kier alpha value is -1.68. The van der Waals surface area contributed by atoms with E-state index >= 15 is 0 Å². The minimum absolute atomic E-state index is 0. The highest BCUT2D eigenvalue weighted by Gasteiger charge is 2.09. The summed E-state index contributed by atoms with van der Waals surface area (Å²) in [4.78, 5) is 22.2. The monoisotopic (exact) mass is 474 g/mol. The van der Waals surface area contributed by atoms with Crippen molar-refractivity contribution in [2.24, 2.45) is 4.99 Å². The number of carbonyl (C=O) groups excluding carboxylic acids is 1. The van der Waals surface area contributed by atoms with E-state index in [1.165, 1.54) is 7.11 Å². The van der Waals surface area contributed by atoms with Gasteiger partial charge in [0.25, 0.3) is 0 Å². The van der Waals surface area contributed by atoms with Gasteiger partial charge >= 0.3 is 5.97 Å². The Kier molecular flexibility index (Phi) is 8.84. The van der Waals surface area contributed by atoms with E-state index < -0.39 is 0 Å². The maximum atomic E-state index is 11.4. The van der Waals surface area contributed by atoms with Gasteiger partial charge in [-0.15, -0.1) is 35.3 Å². The number of thiazole rings is 1. The van der Waals surface area contributed by atoms with E-state index in [2.05, 4.69) is 20.7 Å². The summed E-state index contributed by atoms with van der Waals surface area (Å²) >= 11 is 1.65. The summed E-state index contributed by atoms with van der Waals surface area (Å²) in [5.41, 5.74) is 2.63. The molecule has 1 N–H and O–H groups in total. The Morgan fingerprint density at radius 3 is 2.56 bits per heavy atom. The molecule has 0 unspecified atom stereocenters. The van der Waals surface area contributed by atoms with Gasteiger partial charge in [-0.05, 0) is 24.6 Å². The van der Waals surface area contributed by atoms with Crippen LogP contribution >= 0.6 is 35.3 Å². The van der Waals surface area contributed by atoms with E-state index in [0.717, 1.165) is 22.2 Å². The van der Waals surface area contributed by atoms with E-state index in [1.54, 1.807) is 30.5 Å². The van der Waals surface area contributed by atoms with Crippen molar-refractivity contribution in [3.63, 3.8) is 0 Å². The topological polar surface area (TPSA) is 66.8 Å². The lowest BCUT2D eigenvalue weighted by molar-refractivity contribution is 0.0600. The number of benzene rings is 1. The summed E-state index contributed by atoms with van der Waals surface area (Å²) in [7, 11) is 5.11. The van der Waals surface area contributed by atoms with E-state index in [4.69, 9.17) is 4.74 Å². The first-order valence-electron chi connectivity index (χ1n) is 7.53. The van der Waals surface area contributed by atoms with E-state index in [1.807, 2.05) is 31.0 Å². The number of hydrogen-bond acceptors (Lipinski definition) is 5. The highest BCUT2D eigenvalue weighted by atomic mass is 127. The molecule has 1 aromatic carbocycles. The Bertz CT molecular complexity index is 716. The first-order chi connectivity index (χ1) is 11.5. The van der Waals surface area contributed by atoms with E-state index in [-0.39, 0.29) is 29.9 Å². The third-order valence-corrected chi connectivity index (χ3v) is 4.29. The van der Waals surface area contributed by atoms with Gasteiger partial charge in [0.2, 0.25) is 0 Å². The molecule has 0 aliphatic carbocycles. The number of halogens is 1. The van der Waals surface area contributed by atoms with Crippen LogP contribution in [0.1, 0.15) is 26.6 Å². The lowest BCUT2D eigenvalue weighted by atomic mass is 10.1. The highest BCUT2D eigenvalue weighted by Crippen LogP contribution is 2.10. The number of hydrogen-bond donors (Lipinski definition) is 1. The van der Waals surface area contributed by atoms with Crippen molar-refractivity contribution in [2.75, 3.05) is 21.2 Å². The van der Waals surface area contributed by atoms with Crippen molar-refractivity contribution in [3.8, 4) is 0 Å². The van der Waals surface area contributed by atoms with Crippen LogP contribution in [-0.4, -0.2) is 43.0 Å². The van der Waals surface area contributed by atoms with Crippen LogP contribution in [-0.2, 0) is 17.8 Å². The molecule has 0 saturated carbocycles. The van der Waals surface area contributed by atoms with Gasteiger partial charge in [-0.1, -0.05) is 12.1 Å². The number of rotatable bonds is 5. The van der Waals surface area contributed by atoms with Crippen LogP contribution in [0.2, 0.25) is 0 Å². The summed E-state index contributed by atoms with van der Waals surface area (Å²) in [5, 5.41) is 6.43. The van der Waals surface area contributed by atoms with E-state index in [9.17, 15) is 4.79 Å². The average Bonchev–Trinajstić information content (AvgIpc) is 3.00. The molecule has 136 valence electrons. The fourth-order valence-electron chi connectivity index (χ4n) is 2.24. The predicted molar refractivity (Wildman–Crippen MR) is 112 cm³/mol. The number of nitrogens with zero attached hydrogens (tertiary/aromatic N) is 3. The number of aryl methyl sites for hydroxylation is 1. The summed E-state index contributed by atoms with van der Waals surface area (Å²) in [6, 6.07) is 7.31. The van der Waals surface area contributed by atoms with Crippen LogP contribution in [0.4, 0.5) is 0 Å². The van der Waals surface area contributed by atoms with Crippen LogP contribution in [0.25, 0.3) is 0 Å². The van der Waals surface area contributed by atoms with Crippen molar-refractivity contribution in [1.29, 1.82) is 0 Å². The second-order valence-corrected chi connectivity index (χ2v) is 6.37. The molecule has 0 bridgehead atoms. The summed E-state index contributed by atoms with van der Waals surface area (Å²) in [5.74, 6) is 0.460. The lowest BCUT2D eigenvalue weighted by Gasteiger charge is -2.21. The number of guanidine groups is 1. The molecule has 0 aliphatic rings. The third kappa shape index (κ3) is 6.28. The summed E-state index contributed by atoms with van der Waals surface area (Å²) < 4.78 is 4.70. The second kappa shape index (κ2) is 10.3. The Morgan fingerprint density at radius 1 is 1.36 bits per heavy atom. The molecule has 6 nitrogen and oxygen atoms in total. The zero-order valence-corrected chi connectivity index (χ0v) is 17.9. The Labute approximate surface area is 169 Å². The third-order valence-electron chi connectivity index (χ3n) is 3.46. The van der Waals surface area contributed by atoms with Gasteiger partial charge < -0.3 is 15.0 Å². The normalized spacial score (nSPS) is 10.8. The van der Waals surface area contributed by atoms with Crippen LogP contribution < -0.4 is 5.32 Å². The fraction of sp³-hybridized carbons (Fsp3) is 0.353. The number of ether oxygens (including phenoxy) is 1. The quantitative estimate of drug-likeness (QED) is 0.312. The van der Waals surface area contributed by atoms with Gasteiger partial charge in [0.1, 0.15) is 0 Å². The number of carbonyl (C=O) groups is 1. The molecule has 0 fully saturated rings. The molecule has 8 heteroatoms. The van der Waals surface area contributed by atoms with Gasteiger partial charge in [-0.25, -0.2) is 9.78 Å². The molecular formula is C17H23IN4O2S. The van der Waals surface area contributed by atoms with Crippen molar-refractivity contribution in [1.82, 2.24) is 15.2 Å². The van der Waals surface area contributed by atoms with Crippen LogP contribution in [0.5, 0.6) is 0 Å². The van der Waals surface area contributed by atoms with Crippen molar-refractivity contribution < 1.29 is 9.53 Å². The van der Waals surface area contributed by atoms with Crippen LogP contribution in [0.15, 0.2) is 34.6 Å². The average molecular weight is 474 g/mol. The molecular weight excluding hydrogens is 451 g/mol. The number of aromatic nitrogens is 1. The lowest BCUT2D eigenvalue weighted by Crippen LogP contribution is -2.38. The zero-order valence-electron chi connectivity index (χ0n) is 14.8. The number of methoxy groups -OCH3 is 1. The number of aliphatic imine (C=N–C) groups is 1. The van der Waals surface area contributed by atoms with Crippen LogP contribution in [0.3, 0.4) is 0 Å². The molecule has 1 aromatic heterocycles. The van der Waals surface area contributed by atoms with E-state index in [0.29, 0.717) is 18.7 Å². The first-order valence-corrected chi connectivity index (χ1v) is 8.41. The van der Waals surface area contributed by atoms with Crippen LogP contribution in [0, 0.1) is 6.92 Å². The van der Waals surface area contributed by atoms with Gasteiger partial charge in [-0.2, -0.15) is 0 Å². The van der Waals surface area contributed by atoms with Crippen molar-refractivity contribution >= 4 is 47.2 Å². The van der Waals surface area contributed by atoms with Gasteiger partial charge in [-0.3, -0.25) is 4.99 Å². The standard InChI is InChI=1S/C17H22N4O2S.HI/c1-12-20-15(11-24-12)10-21(3)17(18-2)19-9-13-5-7-14(8-6-13)16(22)23-4;/h5-8,11H,9-10H2,1-4H3,(H,18,19);1H. The molecule has 0 saturated heterocycles. The second-order valence-electron chi connectivity index (χ2n) is 5.30. The molecule has 0 aliphatic heterocycles. The van der Waals surface area contributed by atoms with Gasteiger partial charge in [0.15, 0.2) is 5.96 Å². The molecule has 0 radical (unpaired) electrons. The predicted octanol–water partition coefficient (Wildman–Crippen LogP) is 3.06. The largest absolute Gasteiger partial charge is 0.465 e. The molecule has 25 heavy (non-hydrogen) atoms. The summed E-state index contributed by atoms with van der Waals surface area (Å²) in [6.45, 7) is 3.32. The Morgan fingerprint density at radius 2 is 2.04 bits per heavy atom. The Balaban J connectivity index is 0.00000312.